The number of rotatable bonds is 2. The Morgan fingerprint density at radius 3 is 2.75 bits per heavy atom. The van der Waals surface area contributed by atoms with E-state index < -0.39 is 5.97 Å². The lowest BCUT2D eigenvalue weighted by Crippen LogP contribution is -2.04. The summed E-state index contributed by atoms with van der Waals surface area (Å²) in [7, 11) is 2.69. The molecule has 0 fully saturated rings. The van der Waals surface area contributed by atoms with Crippen molar-refractivity contribution in [2.45, 2.75) is 0 Å². The molecule has 5 nitrogen and oxygen atoms in total. The predicted molar refractivity (Wildman–Crippen MR) is 44.4 cm³/mol. The van der Waals surface area contributed by atoms with Gasteiger partial charge in [-0.2, -0.15) is 4.37 Å². The van der Waals surface area contributed by atoms with E-state index in [1.165, 1.54) is 14.2 Å². The molecule has 0 spiro atoms. The standard InChI is InChI=1S/C6H8N2O3S/c1-10-5-3(6(9)11-2)4(7)12-8-5/h7H2,1-2H3. The van der Waals surface area contributed by atoms with E-state index in [-0.39, 0.29) is 11.4 Å². The van der Waals surface area contributed by atoms with Gasteiger partial charge in [-0.05, 0) is 11.5 Å². The minimum absolute atomic E-state index is 0.199. The molecule has 0 bridgehead atoms. The first-order chi connectivity index (χ1) is 5.70. The van der Waals surface area contributed by atoms with Crippen LogP contribution in [-0.2, 0) is 4.74 Å². The maximum absolute atomic E-state index is 11.1. The van der Waals surface area contributed by atoms with Gasteiger partial charge in [0.1, 0.15) is 5.00 Å². The number of nitrogens with zero attached hydrogens (tertiary/aromatic N) is 1. The largest absolute Gasteiger partial charge is 0.480 e. The van der Waals surface area contributed by atoms with Gasteiger partial charge in [-0.3, -0.25) is 0 Å². The third kappa shape index (κ3) is 1.33. The molecule has 0 unspecified atom stereocenters. The van der Waals surface area contributed by atoms with E-state index in [9.17, 15) is 4.79 Å². The summed E-state index contributed by atoms with van der Waals surface area (Å²) in [4.78, 5) is 11.1. The Labute approximate surface area is 73.3 Å². The van der Waals surface area contributed by atoms with Crippen LogP contribution >= 0.6 is 11.5 Å². The minimum atomic E-state index is -0.530. The van der Waals surface area contributed by atoms with Gasteiger partial charge in [0.25, 0.3) is 0 Å². The molecule has 12 heavy (non-hydrogen) atoms. The molecule has 2 N–H and O–H groups in total. The summed E-state index contributed by atoms with van der Waals surface area (Å²) in [5.74, 6) is -0.317. The Kier molecular flexibility index (Phi) is 2.49. The number of nitrogen functional groups attached to an aromatic ring is 1. The highest BCUT2D eigenvalue weighted by molar-refractivity contribution is 7.10. The molecule has 0 radical (unpaired) electrons. The number of hydrogen-bond donors (Lipinski definition) is 1. The molecule has 6 heteroatoms. The first-order valence-electron chi connectivity index (χ1n) is 3.08. The van der Waals surface area contributed by atoms with E-state index in [4.69, 9.17) is 10.5 Å². The SMILES string of the molecule is COC(=O)c1c(OC)nsc1N. The number of carbonyl (C=O) groups is 1. The highest BCUT2D eigenvalue weighted by Gasteiger charge is 2.20. The topological polar surface area (TPSA) is 74.4 Å². The van der Waals surface area contributed by atoms with Crippen molar-refractivity contribution in [3.05, 3.63) is 5.56 Å². The zero-order valence-electron chi connectivity index (χ0n) is 6.66. The van der Waals surface area contributed by atoms with E-state index in [0.717, 1.165) is 11.5 Å². The first-order valence-corrected chi connectivity index (χ1v) is 3.85. The summed E-state index contributed by atoms with van der Waals surface area (Å²) in [5, 5.41) is 0.304. The molecular formula is C6H8N2O3S. The number of nitrogens with two attached hydrogens (primary N) is 1. The average Bonchev–Trinajstić information content (AvgIpc) is 2.45. The smallest absolute Gasteiger partial charge is 0.346 e. The van der Waals surface area contributed by atoms with Gasteiger partial charge in [-0.1, -0.05) is 0 Å². The second kappa shape index (κ2) is 3.40. The highest BCUT2D eigenvalue weighted by atomic mass is 32.1. The van der Waals surface area contributed by atoms with Crippen LogP contribution in [-0.4, -0.2) is 24.6 Å². The van der Waals surface area contributed by atoms with Crippen LogP contribution in [0.25, 0.3) is 0 Å². The Hall–Kier alpha value is -1.30. The number of ether oxygens (including phenoxy) is 2. The number of carbonyl (C=O) groups excluding carboxylic acids is 1. The summed E-state index contributed by atoms with van der Waals surface area (Å²) in [6.07, 6.45) is 0. The van der Waals surface area contributed by atoms with Gasteiger partial charge in [0.2, 0.25) is 5.88 Å². The molecule has 1 heterocycles. The summed E-state index contributed by atoms with van der Waals surface area (Å²) in [6, 6.07) is 0. The van der Waals surface area contributed by atoms with Crippen molar-refractivity contribution in [1.82, 2.24) is 4.37 Å². The summed E-state index contributed by atoms with van der Waals surface area (Å²) >= 11 is 1.00. The van der Waals surface area contributed by atoms with E-state index in [0.29, 0.717) is 5.00 Å². The molecule has 0 amide bonds. The van der Waals surface area contributed by atoms with Crippen molar-refractivity contribution in [3.8, 4) is 5.88 Å². The van der Waals surface area contributed by atoms with Crippen molar-refractivity contribution in [2.75, 3.05) is 20.0 Å². The molecule has 1 rings (SSSR count). The molecule has 66 valence electrons. The van der Waals surface area contributed by atoms with Gasteiger partial charge in [0.05, 0.1) is 14.2 Å². The van der Waals surface area contributed by atoms with Gasteiger partial charge in [-0.15, -0.1) is 0 Å². The second-order valence-corrected chi connectivity index (χ2v) is 2.73. The monoisotopic (exact) mass is 188 g/mol. The van der Waals surface area contributed by atoms with Crippen LogP contribution in [0.2, 0.25) is 0 Å². The van der Waals surface area contributed by atoms with Crippen LogP contribution in [0.3, 0.4) is 0 Å². The zero-order chi connectivity index (χ0) is 9.14. The van der Waals surface area contributed by atoms with Crippen LogP contribution in [0.5, 0.6) is 5.88 Å². The quantitative estimate of drug-likeness (QED) is 0.685. The van der Waals surface area contributed by atoms with E-state index in [2.05, 4.69) is 9.11 Å². The van der Waals surface area contributed by atoms with Gasteiger partial charge >= 0.3 is 5.97 Å². The van der Waals surface area contributed by atoms with E-state index in [1.54, 1.807) is 0 Å². The third-order valence-corrected chi connectivity index (χ3v) is 1.93. The second-order valence-electron chi connectivity index (χ2n) is 1.92. The van der Waals surface area contributed by atoms with Crippen molar-refractivity contribution >= 4 is 22.5 Å². The Balaban J connectivity index is 3.10. The molecule has 0 aromatic carbocycles. The molecule has 0 saturated heterocycles. The summed E-state index contributed by atoms with van der Waals surface area (Å²) in [6.45, 7) is 0. The minimum Gasteiger partial charge on any atom is -0.480 e. The number of anilines is 1. The Bertz CT molecular complexity index is 297. The van der Waals surface area contributed by atoms with Crippen LogP contribution in [0.1, 0.15) is 10.4 Å². The lowest BCUT2D eigenvalue weighted by molar-refractivity contribution is 0.0598. The fourth-order valence-electron chi connectivity index (χ4n) is 0.717. The maximum atomic E-state index is 11.1. The van der Waals surface area contributed by atoms with Crippen LogP contribution < -0.4 is 10.5 Å². The van der Waals surface area contributed by atoms with Crippen LogP contribution in [0, 0.1) is 0 Å². The normalized spacial score (nSPS) is 9.50. The fourth-order valence-corrected chi connectivity index (χ4v) is 1.33. The first kappa shape index (κ1) is 8.79. The van der Waals surface area contributed by atoms with Crippen molar-refractivity contribution in [3.63, 3.8) is 0 Å². The molecule has 1 aromatic rings. The average molecular weight is 188 g/mol. The lowest BCUT2D eigenvalue weighted by Gasteiger charge is -1.98. The molecule has 1 aromatic heterocycles. The van der Waals surface area contributed by atoms with E-state index in [1.807, 2.05) is 0 Å². The molecule has 0 aliphatic heterocycles. The lowest BCUT2D eigenvalue weighted by atomic mass is 10.3. The van der Waals surface area contributed by atoms with Crippen molar-refractivity contribution < 1.29 is 14.3 Å². The van der Waals surface area contributed by atoms with Crippen molar-refractivity contribution in [1.29, 1.82) is 0 Å². The fraction of sp³-hybridized carbons (Fsp3) is 0.333. The molecule has 0 aliphatic rings. The van der Waals surface area contributed by atoms with Crippen molar-refractivity contribution in [2.24, 2.45) is 0 Å². The number of methoxy groups -OCH3 is 2. The number of hydrogen-bond acceptors (Lipinski definition) is 6. The van der Waals surface area contributed by atoms with Gasteiger partial charge in [0.15, 0.2) is 5.56 Å². The molecule has 0 aliphatic carbocycles. The Morgan fingerprint density at radius 1 is 1.58 bits per heavy atom. The summed E-state index contributed by atoms with van der Waals surface area (Å²) in [5.41, 5.74) is 5.67. The zero-order valence-corrected chi connectivity index (χ0v) is 7.47. The summed E-state index contributed by atoms with van der Waals surface area (Å²) < 4.78 is 13.1. The van der Waals surface area contributed by atoms with Gasteiger partial charge in [0, 0.05) is 0 Å². The van der Waals surface area contributed by atoms with Crippen LogP contribution in [0.15, 0.2) is 0 Å². The molecule has 0 atom stereocenters. The van der Waals surface area contributed by atoms with Gasteiger partial charge in [-0.25, -0.2) is 4.79 Å². The number of aromatic nitrogens is 1. The number of esters is 1. The van der Waals surface area contributed by atoms with Crippen LogP contribution in [0.4, 0.5) is 5.00 Å². The molecular weight excluding hydrogens is 180 g/mol. The van der Waals surface area contributed by atoms with Gasteiger partial charge < -0.3 is 15.2 Å². The highest BCUT2D eigenvalue weighted by Crippen LogP contribution is 2.27. The maximum Gasteiger partial charge on any atom is 0.346 e. The van der Waals surface area contributed by atoms with E-state index >= 15 is 0 Å². The third-order valence-electron chi connectivity index (χ3n) is 1.27. The molecule has 0 saturated carbocycles. The predicted octanol–water partition coefficient (Wildman–Crippen LogP) is 0.520. The Morgan fingerprint density at radius 2 is 2.25 bits per heavy atom.